The Hall–Kier alpha value is -3.49. The van der Waals surface area contributed by atoms with Gasteiger partial charge in [0, 0.05) is 43.2 Å². The molecular formula is C26H27N5O2S. The number of hydrogen-bond acceptors (Lipinski definition) is 7. The van der Waals surface area contributed by atoms with Crippen molar-refractivity contribution in [3.63, 3.8) is 0 Å². The largest absolute Gasteiger partial charge is 0.395 e. The zero-order valence-corrected chi connectivity index (χ0v) is 19.9. The molecule has 0 aliphatic carbocycles. The molecule has 0 unspecified atom stereocenters. The average molecular weight is 474 g/mol. The molecule has 0 bridgehead atoms. The van der Waals surface area contributed by atoms with Crippen LogP contribution in [-0.4, -0.2) is 65.2 Å². The van der Waals surface area contributed by atoms with Gasteiger partial charge in [0.15, 0.2) is 0 Å². The zero-order chi connectivity index (χ0) is 23.5. The molecule has 2 aromatic heterocycles. The first-order valence-corrected chi connectivity index (χ1v) is 12.3. The molecule has 1 aliphatic heterocycles. The van der Waals surface area contributed by atoms with Gasteiger partial charge in [-0.05, 0) is 36.2 Å². The minimum absolute atomic E-state index is 0.0211. The van der Waals surface area contributed by atoms with Gasteiger partial charge >= 0.3 is 0 Å². The van der Waals surface area contributed by atoms with Crippen molar-refractivity contribution in [2.45, 2.75) is 6.92 Å². The maximum Gasteiger partial charge on any atom is 0.253 e. The van der Waals surface area contributed by atoms with Crippen LogP contribution in [0.5, 0.6) is 0 Å². The van der Waals surface area contributed by atoms with E-state index in [4.69, 9.17) is 10.1 Å². The van der Waals surface area contributed by atoms with Crippen molar-refractivity contribution in [1.29, 1.82) is 0 Å². The van der Waals surface area contributed by atoms with Gasteiger partial charge in [-0.2, -0.15) is 4.98 Å². The Morgan fingerprint density at radius 2 is 1.71 bits per heavy atom. The number of rotatable bonds is 6. The second-order valence-corrected chi connectivity index (χ2v) is 9.55. The number of nitrogens with one attached hydrogen (secondary N) is 1. The Labute approximate surface area is 202 Å². The van der Waals surface area contributed by atoms with Crippen molar-refractivity contribution >= 4 is 39.2 Å². The first kappa shape index (κ1) is 22.3. The average Bonchev–Trinajstić information content (AvgIpc) is 3.27. The van der Waals surface area contributed by atoms with Gasteiger partial charge in [-0.25, -0.2) is 4.98 Å². The minimum Gasteiger partial charge on any atom is -0.395 e. The van der Waals surface area contributed by atoms with Crippen LogP contribution in [-0.2, 0) is 0 Å². The van der Waals surface area contributed by atoms with Crippen LogP contribution in [0, 0.1) is 6.92 Å². The Kier molecular flexibility index (Phi) is 6.42. The van der Waals surface area contributed by atoms with Crippen LogP contribution < -0.4 is 10.2 Å². The fraction of sp³-hybridized carbons (Fsp3) is 0.269. The molecule has 0 radical (unpaired) electrons. The maximum absolute atomic E-state index is 13.1. The number of nitrogens with zero attached hydrogens (tertiary/aromatic N) is 4. The fourth-order valence-corrected chi connectivity index (χ4v) is 5.13. The molecule has 5 rings (SSSR count). The predicted octanol–water partition coefficient (Wildman–Crippen LogP) is 4.03. The highest BCUT2D eigenvalue weighted by Crippen LogP contribution is 2.32. The monoisotopic (exact) mass is 473 g/mol. The fourth-order valence-electron chi connectivity index (χ4n) is 4.25. The van der Waals surface area contributed by atoms with Gasteiger partial charge in [0.1, 0.15) is 10.6 Å². The van der Waals surface area contributed by atoms with Gasteiger partial charge in [0.25, 0.3) is 5.91 Å². The van der Waals surface area contributed by atoms with Crippen LogP contribution in [0.3, 0.4) is 0 Å². The molecule has 1 aliphatic rings. The lowest BCUT2D eigenvalue weighted by molar-refractivity contribution is 0.0746. The van der Waals surface area contributed by atoms with E-state index in [1.165, 1.54) is 4.88 Å². The molecule has 2 N–H and O–H groups in total. The SMILES string of the molecule is Cc1cc2c(N3CCN(C(=O)c4ccc(-c5ccccc5)cc4)CC3)nc(NCCO)nc2s1. The molecule has 4 aromatic rings. The summed E-state index contributed by atoms with van der Waals surface area (Å²) in [4.78, 5) is 28.7. The molecule has 174 valence electrons. The van der Waals surface area contributed by atoms with Crippen molar-refractivity contribution < 1.29 is 9.90 Å². The highest BCUT2D eigenvalue weighted by atomic mass is 32.1. The Morgan fingerprint density at radius 3 is 2.41 bits per heavy atom. The van der Waals surface area contributed by atoms with Crippen molar-refractivity contribution in [2.24, 2.45) is 0 Å². The minimum atomic E-state index is 0.0211. The summed E-state index contributed by atoms with van der Waals surface area (Å²) in [6.07, 6.45) is 0. The van der Waals surface area contributed by atoms with Gasteiger partial charge in [-0.3, -0.25) is 4.79 Å². The normalized spacial score (nSPS) is 13.9. The van der Waals surface area contributed by atoms with E-state index < -0.39 is 0 Å². The molecular weight excluding hydrogens is 446 g/mol. The van der Waals surface area contributed by atoms with Crippen LogP contribution in [0.15, 0.2) is 60.7 Å². The highest BCUT2D eigenvalue weighted by molar-refractivity contribution is 7.18. The quantitative estimate of drug-likeness (QED) is 0.440. The van der Waals surface area contributed by atoms with E-state index in [9.17, 15) is 4.79 Å². The van der Waals surface area contributed by atoms with Gasteiger partial charge in [-0.1, -0.05) is 42.5 Å². The third-order valence-electron chi connectivity index (χ3n) is 6.00. The number of fused-ring (bicyclic) bond motifs is 1. The maximum atomic E-state index is 13.1. The second kappa shape index (κ2) is 9.79. The summed E-state index contributed by atoms with van der Waals surface area (Å²) in [6, 6.07) is 20.1. The van der Waals surface area contributed by atoms with E-state index in [-0.39, 0.29) is 12.5 Å². The molecule has 0 saturated carbocycles. The number of aliphatic hydroxyl groups is 1. The van der Waals surface area contributed by atoms with E-state index in [1.807, 2.05) is 47.4 Å². The van der Waals surface area contributed by atoms with Crippen LogP contribution in [0.2, 0.25) is 0 Å². The molecule has 0 spiro atoms. The summed E-state index contributed by atoms with van der Waals surface area (Å²) in [5.41, 5.74) is 2.95. The standard InChI is InChI=1S/C26H27N5O2S/c1-18-17-22-23(28-26(27-11-16-32)29-24(22)34-18)30-12-14-31(15-13-30)25(33)21-9-7-20(8-10-21)19-5-3-2-4-6-19/h2-10,17,32H,11-16H2,1H3,(H,27,28,29). The van der Waals surface area contributed by atoms with Crippen molar-refractivity contribution in [3.8, 4) is 11.1 Å². The molecule has 0 atom stereocenters. The van der Waals surface area contributed by atoms with E-state index in [0.717, 1.165) is 27.2 Å². The van der Waals surface area contributed by atoms with Crippen molar-refractivity contribution in [1.82, 2.24) is 14.9 Å². The lowest BCUT2D eigenvalue weighted by atomic mass is 10.0. The Morgan fingerprint density at radius 1 is 1.00 bits per heavy atom. The number of aliphatic hydroxyl groups excluding tert-OH is 1. The highest BCUT2D eigenvalue weighted by Gasteiger charge is 2.25. The van der Waals surface area contributed by atoms with Crippen LogP contribution >= 0.6 is 11.3 Å². The number of carbonyl (C=O) groups is 1. The smallest absolute Gasteiger partial charge is 0.253 e. The van der Waals surface area contributed by atoms with E-state index in [0.29, 0.717) is 44.2 Å². The van der Waals surface area contributed by atoms with Crippen molar-refractivity contribution in [3.05, 3.63) is 71.1 Å². The molecule has 1 saturated heterocycles. The number of anilines is 2. The van der Waals surface area contributed by atoms with Crippen LogP contribution in [0.25, 0.3) is 21.3 Å². The number of aryl methyl sites for hydroxylation is 1. The van der Waals surface area contributed by atoms with Crippen LogP contribution in [0.1, 0.15) is 15.2 Å². The summed E-state index contributed by atoms with van der Waals surface area (Å²) in [7, 11) is 0. The van der Waals surface area contributed by atoms with E-state index in [1.54, 1.807) is 11.3 Å². The lowest BCUT2D eigenvalue weighted by Crippen LogP contribution is -2.49. The summed E-state index contributed by atoms with van der Waals surface area (Å²) >= 11 is 1.64. The molecule has 1 fully saturated rings. The summed E-state index contributed by atoms with van der Waals surface area (Å²) in [5, 5.41) is 13.3. The number of thiophene rings is 1. The first-order chi connectivity index (χ1) is 16.6. The van der Waals surface area contributed by atoms with E-state index in [2.05, 4.69) is 40.3 Å². The topological polar surface area (TPSA) is 81.6 Å². The molecule has 8 heteroatoms. The van der Waals surface area contributed by atoms with E-state index >= 15 is 0 Å². The predicted molar refractivity (Wildman–Crippen MR) is 138 cm³/mol. The third kappa shape index (κ3) is 4.60. The number of amides is 1. The number of piperazine rings is 1. The summed E-state index contributed by atoms with van der Waals surface area (Å²) in [5.74, 6) is 1.47. The van der Waals surface area contributed by atoms with Crippen LogP contribution in [0.4, 0.5) is 11.8 Å². The van der Waals surface area contributed by atoms with Gasteiger partial charge < -0.3 is 20.2 Å². The molecule has 2 aromatic carbocycles. The molecule has 1 amide bonds. The number of carbonyl (C=O) groups excluding carboxylic acids is 1. The Balaban J connectivity index is 1.29. The number of benzene rings is 2. The third-order valence-corrected chi connectivity index (χ3v) is 6.94. The first-order valence-electron chi connectivity index (χ1n) is 11.4. The number of hydrogen-bond donors (Lipinski definition) is 2. The second-order valence-electron chi connectivity index (χ2n) is 8.32. The summed E-state index contributed by atoms with van der Waals surface area (Å²) < 4.78 is 0. The molecule has 7 nitrogen and oxygen atoms in total. The Bertz CT molecular complexity index is 1280. The zero-order valence-electron chi connectivity index (χ0n) is 19.1. The lowest BCUT2D eigenvalue weighted by Gasteiger charge is -2.35. The van der Waals surface area contributed by atoms with Gasteiger partial charge in [0.2, 0.25) is 5.95 Å². The summed E-state index contributed by atoms with van der Waals surface area (Å²) in [6.45, 7) is 5.16. The molecule has 3 heterocycles. The van der Waals surface area contributed by atoms with Gasteiger partial charge in [0.05, 0.1) is 12.0 Å². The number of aromatic nitrogens is 2. The van der Waals surface area contributed by atoms with Crippen molar-refractivity contribution in [2.75, 3.05) is 49.5 Å². The molecule has 34 heavy (non-hydrogen) atoms. The van der Waals surface area contributed by atoms with Gasteiger partial charge in [-0.15, -0.1) is 11.3 Å².